The number of rotatable bonds is 5. The molecule has 1 aliphatic heterocycles. The van der Waals surface area contributed by atoms with Crippen LogP contribution in [-0.2, 0) is 0 Å². The normalized spacial score (nSPS) is 13.4. The Kier molecular flexibility index (Phi) is 5.33. The zero-order valence-electron chi connectivity index (χ0n) is 15.5. The van der Waals surface area contributed by atoms with Gasteiger partial charge in [0.1, 0.15) is 11.6 Å². The van der Waals surface area contributed by atoms with Crippen LogP contribution in [0.2, 0.25) is 0 Å². The summed E-state index contributed by atoms with van der Waals surface area (Å²) in [6.07, 6.45) is 2.45. The van der Waals surface area contributed by atoms with Crippen molar-refractivity contribution in [3.05, 3.63) is 71.9 Å². The summed E-state index contributed by atoms with van der Waals surface area (Å²) in [6.45, 7) is 2.17. The van der Waals surface area contributed by atoms with Gasteiger partial charge in [-0.05, 0) is 61.4 Å². The Morgan fingerprint density at radius 2 is 1.69 bits per heavy atom. The second-order valence-electron chi connectivity index (χ2n) is 6.75. The van der Waals surface area contributed by atoms with E-state index in [2.05, 4.69) is 37.9 Å². The van der Waals surface area contributed by atoms with Crippen LogP contribution in [0.3, 0.4) is 0 Å². The highest BCUT2D eigenvalue weighted by molar-refractivity contribution is 6.02. The standard InChI is InChI=1S/C21H19F2N5O/c22-14-3-8-18(17(23)13-14)25-21(29)19-9-10-20(27-26-19)24-15-4-6-16(7-5-15)28-11-1-2-12-28/h3-10,13H,1-2,11-12H2,(H,24,27)(H,25,29). The lowest BCUT2D eigenvalue weighted by Crippen LogP contribution is -2.17. The highest BCUT2D eigenvalue weighted by atomic mass is 19.1. The molecule has 2 N–H and O–H groups in total. The number of carbonyl (C=O) groups excluding carboxylic acids is 1. The quantitative estimate of drug-likeness (QED) is 0.672. The summed E-state index contributed by atoms with van der Waals surface area (Å²) in [5, 5.41) is 13.3. The second kappa shape index (κ2) is 8.22. The molecule has 0 saturated carbocycles. The number of benzene rings is 2. The van der Waals surface area contributed by atoms with E-state index in [1.54, 1.807) is 6.07 Å². The summed E-state index contributed by atoms with van der Waals surface area (Å²) in [5.41, 5.74) is 1.94. The number of halogens is 2. The molecule has 1 aromatic heterocycles. The molecule has 4 rings (SSSR count). The average molecular weight is 395 g/mol. The molecular weight excluding hydrogens is 376 g/mol. The van der Waals surface area contributed by atoms with Crippen LogP contribution < -0.4 is 15.5 Å². The lowest BCUT2D eigenvalue weighted by atomic mass is 10.2. The molecule has 0 spiro atoms. The van der Waals surface area contributed by atoms with Gasteiger partial charge in [-0.1, -0.05) is 0 Å². The minimum atomic E-state index is -0.859. The maximum atomic E-state index is 13.7. The van der Waals surface area contributed by atoms with E-state index in [1.165, 1.54) is 24.6 Å². The van der Waals surface area contributed by atoms with Gasteiger partial charge < -0.3 is 15.5 Å². The zero-order valence-corrected chi connectivity index (χ0v) is 15.5. The van der Waals surface area contributed by atoms with Crippen LogP contribution in [-0.4, -0.2) is 29.2 Å². The number of carbonyl (C=O) groups is 1. The number of anilines is 4. The number of aromatic nitrogens is 2. The molecule has 1 fully saturated rings. The van der Waals surface area contributed by atoms with Crippen LogP contribution >= 0.6 is 0 Å². The van der Waals surface area contributed by atoms with Crippen molar-refractivity contribution in [2.24, 2.45) is 0 Å². The fourth-order valence-corrected chi connectivity index (χ4v) is 3.18. The zero-order chi connectivity index (χ0) is 20.2. The molecule has 3 aromatic rings. The van der Waals surface area contributed by atoms with Crippen molar-refractivity contribution in [2.45, 2.75) is 12.8 Å². The van der Waals surface area contributed by atoms with E-state index >= 15 is 0 Å². The van der Waals surface area contributed by atoms with E-state index in [-0.39, 0.29) is 11.4 Å². The highest BCUT2D eigenvalue weighted by Crippen LogP contribution is 2.23. The van der Waals surface area contributed by atoms with Crippen LogP contribution in [0, 0.1) is 11.6 Å². The van der Waals surface area contributed by atoms with Crippen molar-refractivity contribution < 1.29 is 13.6 Å². The molecule has 1 amide bonds. The maximum Gasteiger partial charge on any atom is 0.276 e. The molecule has 2 heterocycles. The predicted molar refractivity (Wildman–Crippen MR) is 108 cm³/mol. The van der Waals surface area contributed by atoms with Crippen molar-refractivity contribution in [3.8, 4) is 0 Å². The van der Waals surface area contributed by atoms with Gasteiger partial charge in [-0.25, -0.2) is 8.78 Å². The summed E-state index contributed by atoms with van der Waals surface area (Å²) in [7, 11) is 0. The summed E-state index contributed by atoms with van der Waals surface area (Å²) >= 11 is 0. The number of nitrogens with one attached hydrogen (secondary N) is 2. The topological polar surface area (TPSA) is 70.2 Å². The predicted octanol–water partition coefficient (Wildman–Crippen LogP) is 4.35. The third-order valence-electron chi connectivity index (χ3n) is 4.69. The van der Waals surface area contributed by atoms with E-state index in [9.17, 15) is 13.6 Å². The minimum absolute atomic E-state index is 0.0173. The highest BCUT2D eigenvalue weighted by Gasteiger charge is 2.13. The Hall–Kier alpha value is -3.55. The lowest BCUT2D eigenvalue weighted by Gasteiger charge is -2.17. The molecule has 1 aliphatic rings. The maximum absolute atomic E-state index is 13.7. The van der Waals surface area contributed by atoms with Crippen LogP contribution in [0.25, 0.3) is 0 Å². The molecule has 0 atom stereocenters. The average Bonchev–Trinajstić information content (AvgIpc) is 3.26. The van der Waals surface area contributed by atoms with Gasteiger partial charge >= 0.3 is 0 Å². The van der Waals surface area contributed by atoms with Gasteiger partial charge in [0.05, 0.1) is 5.69 Å². The van der Waals surface area contributed by atoms with Gasteiger partial charge in [0.2, 0.25) is 0 Å². The third-order valence-corrected chi connectivity index (χ3v) is 4.69. The third kappa shape index (κ3) is 4.48. The molecule has 0 bridgehead atoms. The van der Waals surface area contributed by atoms with Crippen molar-refractivity contribution in [1.29, 1.82) is 0 Å². The molecule has 0 aliphatic carbocycles. The first-order chi connectivity index (χ1) is 14.1. The molecule has 6 nitrogen and oxygen atoms in total. The first-order valence-corrected chi connectivity index (χ1v) is 9.31. The van der Waals surface area contributed by atoms with E-state index in [1.807, 2.05) is 12.1 Å². The number of nitrogens with zero attached hydrogens (tertiary/aromatic N) is 3. The lowest BCUT2D eigenvalue weighted by molar-refractivity contribution is 0.102. The van der Waals surface area contributed by atoms with Gasteiger partial charge in [-0.2, -0.15) is 0 Å². The van der Waals surface area contributed by atoms with Gasteiger partial charge in [-0.15, -0.1) is 10.2 Å². The van der Waals surface area contributed by atoms with E-state index in [0.717, 1.165) is 30.9 Å². The summed E-state index contributed by atoms with van der Waals surface area (Å²) in [4.78, 5) is 14.5. The Balaban J connectivity index is 1.39. The molecule has 2 aromatic carbocycles. The first kappa shape index (κ1) is 18.8. The Morgan fingerprint density at radius 3 is 2.34 bits per heavy atom. The summed E-state index contributed by atoms with van der Waals surface area (Å²) in [5.74, 6) is -1.74. The molecule has 0 unspecified atom stereocenters. The van der Waals surface area contributed by atoms with Gasteiger partial charge in [0.25, 0.3) is 5.91 Å². The Bertz CT molecular complexity index is 1000. The fourth-order valence-electron chi connectivity index (χ4n) is 3.18. The summed E-state index contributed by atoms with van der Waals surface area (Å²) < 4.78 is 26.6. The van der Waals surface area contributed by atoms with E-state index < -0.39 is 17.5 Å². The molecule has 29 heavy (non-hydrogen) atoms. The van der Waals surface area contributed by atoms with Crippen molar-refractivity contribution >= 4 is 28.8 Å². The van der Waals surface area contributed by atoms with Crippen LogP contribution in [0.4, 0.5) is 31.7 Å². The van der Waals surface area contributed by atoms with E-state index in [0.29, 0.717) is 11.9 Å². The first-order valence-electron chi connectivity index (χ1n) is 9.31. The van der Waals surface area contributed by atoms with Gasteiger partial charge in [0, 0.05) is 30.5 Å². The van der Waals surface area contributed by atoms with Crippen molar-refractivity contribution in [1.82, 2.24) is 10.2 Å². The monoisotopic (exact) mass is 395 g/mol. The number of hydrogen-bond acceptors (Lipinski definition) is 5. The Labute approximate surface area is 166 Å². The van der Waals surface area contributed by atoms with Crippen molar-refractivity contribution in [3.63, 3.8) is 0 Å². The number of amides is 1. The Morgan fingerprint density at radius 1 is 0.931 bits per heavy atom. The molecule has 1 saturated heterocycles. The molecule has 0 radical (unpaired) electrons. The number of hydrogen-bond donors (Lipinski definition) is 2. The molecular formula is C21H19F2N5O. The largest absolute Gasteiger partial charge is 0.372 e. The smallest absolute Gasteiger partial charge is 0.276 e. The second-order valence-corrected chi connectivity index (χ2v) is 6.75. The minimum Gasteiger partial charge on any atom is -0.372 e. The fraction of sp³-hybridized carbons (Fsp3) is 0.190. The molecule has 148 valence electrons. The van der Waals surface area contributed by atoms with Crippen LogP contribution in [0.15, 0.2) is 54.6 Å². The van der Waals surface area contributed by atoms with Crippen molar-refractivity contribution in [2.75, 3.05) is 28.6 Å². The van der Waals surface area contributed by atoms with Crippen LogP contribution in [0.5, 0.6) is 0 Å². The molecule has 8 heteroatoms. The van der Waals surface area contributed by atoms with E-state index in [4.69, 9.17) is 0 Å². The SMILES string of the molecule is O=C(Nc1ccc(F)cc1F)c1ccc(Nc2ccc(N3CCCC3)cc2)nn1. The van der Waals surface area contributed by atoms with Crippen LogP contribution in [0.1, 0.15) is 23.3 Å². The van der Waals surface area contributed by atoms with Gasteiger partial charge in [-0.3, -0.25) is 4.79 Å². The van der Waals surface area contributed by atoms with Gasteiger partial charge in [0.15, 0.2) is 11.5 Å². The summed E-state index contributed by atoms with van der Waals surface area (Å²) in [6, 6.07) is 14.0.